The molecular weight excluding hydrogens is 318 g/mol. The first-order chi connectivity index (χ1) is 12.1. The van der Waals surface area contributed by atoms with Crippen LogP contribution in [0, 0.1) is 11.8 Å². The maximum absolute atomic E-state index is 12.5. The fraction of sp³-hybridized carbons (Fsp3) is 0.450. The molecule has 5 heteroatoms. The highest BCUT2D eigenvalue weighted by Crippen LogP contribution is 2.21. The van der Waals surface area contributed by atoms with Gasteiger partial charge in [-0.3, -0.25) is 4.79 Å². The number of cyclic esters (lactones) is 1. The van der Waals surface area contributed by atoms with Crippen molar-refractivity contribution in [2.75, 3.05) is 6.61 Å². The first kappa shape index (κ1) is 18.9. The minimum atomic E-state index is -0.593. The quantitative estimate of drug-likeness (QED) is 0.536. The molecule has 0 radical (unpaired) electrons. The Bertz CT molecular complexity index is 626. The molecule has 0 aliphatic carbocycles. The van der Waals surface area contributed by atoms with Crippen molar-refractivity contribution in [3.8, 4) is 0 Å². The molecule has 1 aliphatic rings. The molecule has 1 saturated heterocycles. The van der Waals surface area contributed by atoms with Crippen molar-refractivity contribution in [3.63, 3.8) is 0 Å². The van der Waals surface area contributed by atoms with E-state index in [-0.39, 0.29) is 30.4 Å². The predicted octanol–water partition coefficient (Wildman–Crippen LogP) is 3.38. The molecule has 1 heterocycles. The van der Waals surface area contributed by atoms with Gasteiger partial charge in [0.1, 0.15) is 12.9 Å². The fourth-order valence-electron chi connectivity index (χ4n) is 3.11. The highest BCUT2D eigenvalue weighted by atomic mass is 16.6. The predicted molar refractivity (Wildman–Crippen MR) is 94.9 cm³/mol. The van der Waals surface area contributed by atoms with Crippen LogP contribution in [0.3, 0.4) is 0 Å². The molecule has 0 N–H and O–H groups in total. The van der Waals surface area contributed by atoms with E-state index in [1.54, 1.807) is 0 Å². The van der Waals surface area contributed by atoms with E-state index in [4.69, 9.17) is 4.74 Å². The van der Waals surface area contributed by atoms with Crippen molar-refractivity contribution in [2.45, 2.75) is 39.2 Å². The van der Waals surface area contributed by atoms with Gasteiger partial charge in [0.05, 0.1) is 6.04 Å². The molecule has 3 atom stereocenters. The summed E-state index contributed by atoms with van der Waals surface area (Å²) in [7, 11) is 0. The summed E-state index contributed by atoms with van der Waals surface area (Å²) in [5.74, 6) is -0.0715. The van der Waals surface area contributed by atoms with Crippen molar-refractivity contribution in [1.29, 1.82) is 0 Å². The lowest BCUT2D eigenvalue weighted by Gasteiger charge is -2.19. The van der Waals surface area contributed by atoms with Gasteiger partial charge in [-0.1, -0.05) is 50.3 Å². The molecule has 25 heavy (non-hydrogen) atoms. The molecule has 1 aromatic carbocycles. The second-order valence-corrected chi connectivity index (χ2v) is 6.44. The number of nitrogens with zero attached hydrogens (tertiary/aromatic N) is 1. The highest BCUT2D eigenvalue weighted by Gasteiger charge is 2.36. The third-order valence-corrected chi connectivity index (χ3v) is 4.67. The first-order valence-corrected chi connectivity index (χ1v) is 8.72. The number of carbonyl (C=O) groups is 3. The van der Waals surface area contributed by atoms with Crippen LogP contribution in [-0.2, 0) is 20.7 Å². The van der Waals surface area contributed by atoms with Gasteiger partial charge in [0.2, 0.25) is 0 Å². The van der Waals surface area contributed by atoms with Crippen molar-refractivity contribution < 1.29 is 19.1 Å². The Morgan fingerprint density at radius 3 is 2.72 bits per heavy atom. The average molecular weight is 343 g/mol. The van der Waals surface area contributed by atoms with Gasteiger partial charge in [-0.25, -0.2) is 9.69 Å². The Morgan fingerprint density at radius 1 is 1.36 bits per heavy atom. The minimum Gasteiger partial charge on any atom is -0.447 e. The molecule has 2 rings (SSSR count). The largest absolute Gasteiger partial charge is 0.447 e. The molecule has 134 valence electrons. The van der Waals surface area contributed by atoms with Crippen LogP contribution in [0.25, 0.3) is 0 Å². The molecule has 0 saturated carbocycles. The molecule has 1 fully saturated rings. The molecule has 1 aromatic rings. The molecule has 0 spiro atoms. The van der Waals surface area contributed by atoms with Gasteiger partial charge in [0.25, 0.3) is 5.91 Å². The van der Waals surface area contributed by atoms with E-state index in [1.165, 1.54) is 11.0 Å². The lowest BCUT2D eigenvalue weighted by Crippen LogP contribution is -2.39. The van der Waals surface area contributed by atoms with Gasteiger partial charge < -0.3 is 9.53 Å². The Balaban J connectivity index is 2.05. The van der Waals surface area contributed by atoms with E-state index in [1.807, 2.05) is 50.3 Å². The van der Waals surface area contributed by atoms with Crippen LogP contribution in [-0.4, -0.2) is 35.8 Å². The monoisotopic (exact) mass is 343 g/mol. The number of aldehydes is 1. The third kappa shape index (κ3) is 5.02. The van der Waals surface area contributed by atoms with Crippen LogP contribution >= 0.6 is 0 Å². The van der Waals surface area contributed by atoms with Crippen molar-refractivity contribution >= 4 is 18.3 Å². The van der Waals surface area contributed by atoms with Crippen LogP contribution in [0.4, 0.5) is 4.79 Å². The third-order valence-electron chi connectivity index (χ3n) is 4.67. The summed E-state index contributed by atoms with van der Waals surface area (Å²) in [6.45, 7) is 4.22. The number of ether oxygens (including phenoxy) is 1. The Kier molecular flexibility index (Phi) is 6.92. The van der Waals surface area contributed by atoms with E-state index >= 15 is 0 Å². The zero-order chi connectivity index (χ0) is 18.2. The minimum absolute atomic E-state index is 0.125. The normalized spacial score (nSPS) is 19.7. The standard InChI is InChI=1S/C20H25NO4/c1-3-17(15(2)11-12-22)9-10-19(23)21-18(14-25-20(21)24)13-16-7-5-4-6-8-16/h4-10,12,15,17-18H,3,11,13-14H2,1-2H3/b10-9+/t15-,17-,18+/m1/s1. The highest BCUT2D eigenvalue weighted by molar-refractivity contribution is 5.99. The number of hydrogen-bond donors (Lipinski definition) is 0. The van der Waals surface area contributed by atoms with Gasteiger partial charge in [0.15, 0.2) is 0 Å². The van der Waals surface area contributed by atoms with Gasteiger partial charge in [-0.15, -0.1) is 0 Å². The Hall–Kier alpha value is -2.43. The Labute approximate surface area is 148 Å². The lowest BCUT2D eigenvalue weighted by atomic mass is 9.89. The lowest BCUT2D eigenvalue weighted by molar-refractivity contribution is -0.124. The van der Waals surface area contributed by atoms with Gasteiger partial charge in [-0.2, -0.15) is 0 Å². The summed E-state index contributed by atoms with van der Waals surface area (Å²) in [4.78, 5) is 36.4. The van der Waals surface area contributed by atoms with Crippen LogP contribution in [0.5, 0.6) is 0 Å². The summed E-state index contributed by atoms with van der Waals surface area (Å²) >= 11 is 0. The summed E-state index contributed by atoms with van der Waals surface area (Å²) in [6, 6.07) is 9.43. The van der Waals surface area contributed by atoms with Crippen LogP contribution in [0.15, 0.2) is 42.5 Å². The summed E-state index contributed by atoms with van der Waals surface area (Å²) in [5.41, 5.74) is 1.05. The second-order valence-electron chi connectivity index (χ2n) is 6.44. The van der Waals surface area contributed by atoms with Crippen molar-refractivity contribution in [3.05, 3.63) is 48.0 Å². The van der Waals surface area contributed by atoms with E-state index in [9.17, 15) is 14.4 Å². The van der Waals surface area contributed by atoms with E-state index in [0.29, 0.717) is 12.8 Å². The number of hydrogen-bond acceptors (Lipinski definition) is 4. The maximum Gasteiger partial charge on any atom is 0.417 e. The zero-order valence-corrected chi connectivity index (χ0v) is 14.8. The van der Waals surface area contributed by atoms with Gasteiger partial charge in [0, 0.05) is 6.42 Å². The molecule has 0 bridgehead atoms. The number of benzene rings is 1. The summed E-state index contributed by atoms with van der Waals surface area (Å²) in [5, 5.41) is 0. The Morgan fingerprint density at radius 2 is 2.08 bits per heavy atom. The second kappa shape index (κ2) is 9.16. The SMILES string of the molecule is CC[C@H](/C=C/C(=O)N1C(=O)OC[C@@H]1Cc1ccccc1)[C@H](C)CC=O. The number of carbonyl (C=O) groups excluding carboxylic acids is 3. The first-order valence-electron chi connectivity index (χ1n) is 8.72. The van der Waals surface area contributed by atoms with E-state index < -0.39 is 6.09 Å². The van der Waals surface area contributed by atoms with E-state index in [2.05, 4.69) is 0 Å². The number of amides is 2. The molecule has 0 unspecified atom stereocenters. The summed E-state index contributed by atoms with van der Waals surface area (Å²) in [6.07, 6.45) is 5.42. The smallest absolute Gasteiger partial charge is 0.417 e. The van der Waals surface area contributed by atoms with Crippen molar-refractivity contribution in [1.82, 2.24) is 4.90 Å². The van der Waals surface area contributed by atoms with Crippen LogP contribution < -0.4 is 0 Å². The van der Waals surface area contributed by atoms with Gasteiger partial charge in [-0.05, 0) is 36.3 Å². The number of imide groups is 1. The van der Waals surface area contributed by atoms with Crippen molar-refractivity contribution in [2.24, 2.45) is 11.8 Å². The van der Waals surface area contributed by atoms with Crippen LogP contribution in [0.2, 0.25) is 0 Å². The molecule has 0 aromatic heterocycles. The number of rotatable bonds is 8. The van der Waals surface area contributed by atoms with E-state index in [0.717, 1.165) is 18.3 Å². The average Bonchev–Trinajstić information content (AvgIpc) is 2.97. The van der Waals surface area contributed by atoms with Gasteiger partial charge >= 0.3 is 6.09 Å². The van der Waals surface area contributed by atoms with Crippen LogP contribution in [0.1, 0.15) is 32.3 Å². The molecular formula is C20H25NO4. The maximum atomic E-state index is 12.5. The molecule has 1 aliphatic heterocycles. The topological polar surface area (TPSA) is 63.7 Å². The molecule has 5 nitrogen and oxygen atoms in total. The molecule has 2 amide bonds. The number of allylic oxidation sites excluding steroid dienone is 1. The summed E-state index contributed by atoms with van der Waals surface area (Å²) < 4.78 is 5.08. The fourth-order valence-corrected chi connectivity index (χ4v) is 3.11. The zero-order valence-electron chi connectivity index (χ0n) is 14.8.